The largest absolute Gasteiger partial charge is 0.352 e. The maximum absolute atomic E-state index is 11.0. The van der Waals surface area contributed by atoms with Crippen molar-refractivity contribution in [2.45, 2.75) is 25.8 Å². The Balaban J connectivity index is 2.34. The molecule has 0 radical (unpaired) electrons. The highest BCUT2D eigenvalue weighted by Gasteiger charge is 2.25. The number of nitro groups is 1. The minimum absolute atomic E-state index is 0.00699. The van der Waals surface area contributed by atoms with Crippen molar-refractivity contribution in [3.05, 3.63) is 27.4 Å². The van der Waals surface area contributed by atoms with Crippen LogP contribution in [0.25, 0.3) is 0 Å². The van der Waals surface area contributed by atoms with Gasteiger partial charge in [0.1, 0.15) is 11.0 Å². The van der Waals surface area contributed by atoms with E-state index >= 15 is 0 Å². The maximum Gasteiger partial charge on any atom is 0.276 e. The molecule has 1 aromatic rings. The van der Waals surface area contributed by atoms with E-state index in [1.54, 1.807) is 0 Å². The van der Waals surface area contributed by atoms with Gasteiger partial charge in [0, 0.05) is 19.1 Å². The molecular formula is C13H19ClN4O2. The minimum Gasteiger partial charge on any atom is -0.352 e. The van der Waals surface area contributed by atoms with Gasteiger partial charge in [-0.1, -0.05) is 18.5 Å². The van der Waals surface area contributed by atoms with Gasteiger partial charge in [0.15, 0.2) is 0 Å². The van der Waals surface area contributed by atoms with E-state index in [1.165, 1.54) is 12.1 Å². The van der Waals surface area contributed by atoms with Crippen molar-refractivity contribution in [3.8, 4) is 0 Å². The molecule has 1 aliphatic rings. The van der Waals surface area contributed by atoms with Crippen LogP contribution in [0.3, 0.4) is 0 Å². The molecule has 6 nitrogen and oxygen atoms in total. The van der Waals surface area contributed by atoms with Gasteiger partial charge >= 0.3 is 0 Å². The fraction of sp³-hybridized carbons (Fsp3) is 0.615. The summed E-state index contributed by atoms with van der Waals surface area (Å²) in [5.41, 5.74) is -0.00699. The zero-order valence-electron chi connectivity index (χ0n) is 11.8. The van der Waals surface area contributed by atoms with Crippen molar-refractivity contribution >= 4 is 23.1 Å². The first-order valence-corrected chi connectivity index (χ1v) is 7.16. The summed E-state index contributed by atoms with van der Waals surface area (Å²) in [6, 6.07) is 3.10. The van der Waals surface area contributed by atoms with Gasteiger partial charge in [-0.05, 0) is 26.4 Å². The number of hydrogen-bond acceptors (Lipinski definition) is 5. The molecule has 0 spiro atoms. The van der Waals surface area contributed by atoms with Gasteiger partial charge in [-0.3, -0.25) is 10.1 Å². The highest BCUT2D eigenvalue weighted by molar-refractivity contribution is 6.29. The summed E-state index contributed by atoms with van der Waals surface area (Å²) in [4.78, 5) is 19.2. The number of halogens is 1. The molecule has 1 fully saturated rings. The summed E-state index contributed by atoms with van der Waals surface area (Å²) in [5.74, 6) is 0.603. The molecule has 0 bridgehead atoms. The standard InChI is InChI=1S/C13H19ClN4O2/c1-3-10-9-16(2)5-4-6-17(10)13-8-11(18(19)20)7-12(14)15-13/h7-8,10H,3-6,9H2,1-2H3. The summed E-state index contributed by atoms with van der Waals surface area (Å²) in [7, 11) is 2.10. The highest BCUT2D eigenvalue weighted by Crippen LogP contribution is 2.26. The molecule has 0 amide bonds. The van der Waals surface area contributed by atoms with Crippen molar-refractivity contribution in [2.24, 2.45) is 0 Å². The molecule has 20 heavy (non-hydrogen) atoms. The van der Waals surface area contributed by atoms with Gasteiger partial charge in [0.25, 0.3) is 5.69 Å². The van der Waals surface area contributed by atoms with Crippen LogP contribution in [0.5, 0.6) is 0 Å². The van der Waals surface area contributed by atoms with Gasteiger partial charge in [-0.15, -0.1) is 0 Å². The van der Waals surface area contributed by atoms with Crippen molar-refractivity contribution < 1.29 is 4.92 Å². The van der Waals surface area contributed by atoms with Crippen molar-refractivity contribution in [1.29, 1.82) is 0 Å². The molecule has 2 rings (SSSR count). The number of aromatic nitrogens is 1. The first-order valence-electron chi connectivity index (χ1n) is 6.78. The predicted molar refractivity (Wildman–Crippen MR) is 79.4 cm³/mol. The van der Waals surface area contributed by atoms with Crippen molar-refractivity contribution in [1.82, 2.24) is 9.88 Å². The number of rotatable bonds is 3. The van der Waals surface area contributed by atoms with Crippen LogP contribution in [0.15, 0.2) is 12.1 Å². The Labute approximate surface area is 123 Å². The first kappa shape index (κ1) is 15.0. The van der Waals surface area contributed by atoms with Gasteiger partial charge in [0.2, 0.25) is 0 Å². The van der Waals surface area contributed by atoms with E-state index in [-0.39, 0.29) is 10.8 Å². The van der Waals surface area contributed by atoms with Gasteiger partial charge in [-0.2, -0.15) is 0 Å². The lowest BCUT2D eigenvalue weighted by Gasteiger charge is -2.31. The van der Waals surface area contributed by atoms with E-state index in [2.05, 4.69) is 28.8 Å². The molecule has 2 heterocycles. The molecule has 0 aromatic carbocycles. The molecule has 0 N–H and O–H groups in total. The monoisotopic (exact) mass is 298 g/mol. The lowest BCUT2D eigenvalue weighted by Crippen LogP contribution is -2.40. The second-order valence-corrected chi connectivity index (χ2v) is 5.52. The summed E-state index contributed by atoms with van der Waals surface area (Å²) < 4.78 is 0. The molecule has 1 saturated heterocycles. The summed E-state index contributed by atoms with van der Waals surface area (Å²) in [5, 5.41) is 11.1. The zero-order chi connectivity index (χ0) is 14.7. The Morgan fingerprint density at radius 2 is 2.25 bits per heavy atom. The third-order valence-corrected chi connectivity index (χ3v) is 3.84. The van der Waals surface area contributed by atoms with E-state index in [1.807, 2.05) is 0 Å². The molecule has 0 aliphatic carbocycles. The Morgan fingerprint density at radius 3 is 2.90 bits per heavy atom. The van der Waals surface area contributed by atoms with Crippen LogP contribution in [0, 0.1) is 10.1 Å². The van der Waals surface area contributed by atoms with Crippen LogP contribution in [-0.4, -0.2) is 47.5 Å². The number of likely N-dealkylation sites (N-methyl/N-ethyl adjacent to an activating group) is 1. The number of nitrogens with zero attached hydrogens (tertiary/aromatic N) is 4. The Hall–Kier alpha value is -1.40. The molecule has 7 heteroatoms. The fourth-order valence-electron chi connectivity index (χ4n) is 2.62. The van der Waals surface area contributed by atoms with Crippen LogP contribution in [-0.2, 0) is 0 Å². The highest BCUT2D eigenvalue weighted by atomic mass is 35.5. The predicted octanol–water partition coefficient (Wildman–Crippen LogP) is 2.56. The summed E-state index contributed by atoms with van der Waals surface area (Å²) in [6.07, 6.45) is 1.97. The van der Waals surface area contributed by atoms with E-state index < -0.39 is 4.92 Å². The average Bonchev–Trinajstić information content (AvgIpc) is 2.59. The van der Waals surface area contributed by atoms with Crippen LogP contribution < -0.4 is 4.90 Å². The molecular weight excluding hydrogens is 280 g/mol. The molecule has 1 aliphatic heterocycles. The summed E-state index contributed by atoms with van der Waals surface area (Å²) in [6.45, 7) is 4.91. The van der Waals surface area contributed by atoms with Gasteiger partial charge in [-0.25, -0.2) is 4.98 Å². The van der Waals surface area contributed by atoms with E-state index in [0.717, 1.165) is 32.5 Å². The molecule has 0 saturated carbocycles. The van der Waals surface area contributed by atoms with Crippen molar-refractivity contribution in [3.63, 3.8) is 0 Å². The van der Waals surface area contributed by atoms with Crippen LogP contribution in [0.2, 0.25) is 5.15 Å². The molecule has 110 valence electrons. The normalized spacial score (nSPS) is 20.8. The number of hydrogen-bond donors (Lipinski definition) is 0. The van der Waals surface area contributed by atoms with Crippen LogP contribution in [0.4, 0.5) is 11.5 Å². The molecule has 1 atom stereocenters. The Kier molecular flexibility index (Phi) is 4.77. The Bertz CT molecular complexity index is 497. The third-order valence-electron chi connectivity index (χ3n) is 3.64. The van der Waals surface area contributed by atoms with E-state index in [0.29, 0.717) is 11.9 Å². The zero-order valence-corrected chi connectivity index (χ0v) is 12.5. The first-order chi connectivity index (χ1) is 9.51. The van der Waals surface area contributed by atoms with Gasteiger partial charge < -0.3 is 9.80 Å². The average molecular weight is 299 g/mol. The third kappa shape index (κ3) is 3.37. The van der Waals surface area contributed by atoms with E-state index in [4.69, 9.17) is 11.6 Å². The Morgan fingerprint density at radius 1 is 1.50 bits per heavy atom. The molecule has 1 aromatic heterocycles. The van der Waals surface area contributed by atoms with Crippen LogP contribution in [0.1, 0.15) is 19.8 Å². The second kappa shape index (κ2) is 6.37. The lowest BCUT2D eigenvalue weighted by atomic mass is 10.2. The number of pyridine rings is 1. The smallest absolute Gasteiger partial charge is 0.276 e. The molecule has 1 unspecified atom stereocenters. The quantitative estimate of drug-likeness (QED) is 0.487. The fourth-order valence-corrected chi connectivity index (χ4v) is 2.82. The van der Waals surface area contributed by atoms with Crippen LogP contribution >= 0.6 is 11.6 Å². The van der Waals surface area contributed by atoms with E-state index in [9.17, 15) is 10.1 Å². The number of anilines is 1. The lowest BCUT2D eigenvalue weighted by molar-refractivity contribution is -0.384. The second-order valence-electron chi connectivity index (χ2n) is 5.13. The van der Waals surface area contributed by atoms with Crippen molar-refractivity contribution in [2.75, 3.05) is 31.6 Å². The SMILES string of the molecule is CCC1CN(C)CCCN1c1cc([N+](=O)[O-])cc(Cl)n1. The summed E-state index contributed by atoms with van der Waals surface area (Å²) >= 11 is 5.92. The van der Waals surface area contributed by atoms with Gasteiger partial charge in [0.05, 0.1) is 17.1 Å². The topological polar surface area (TPSA) is 62.5 Å². The minimum atomic E-state index is -0.429. The maximum atomic E-state index is 11.0.